The maximum absolute atomic E-state index is 5.75. The van der Waals surface area contributed by atoms with Gasteiger partial charge in [-0.25, -0.2) is 0 Å². The Kier molecular flexibility index (Phi) is 1.39. The molecule has 0 saturated carbocycles. The Labute approximate surface area is 121 Å². The molecular formula is C18H24. The Morgan fingerprint density at radius 2 is 1.39 bits per heavy atom. The van der Waals surface area contributed by atoms with Gasteiger partial charge in [0.05, 0.1) is 0 Å². The quantitative estimate of drug-likeness (QED) is 0.311. The summed E-state index contributed by atoms with van der Waals surface area (Å²) in [6, 6.07) is 19.9. The number of aryl methyl sites for hydroxylation is 1. The van der Waals surface area contributed by atoms with Gasteiger partial charge < -0.3 is 0 Å². The smallest absolute Gasteiger partial charge is 0.0194 e. The van der Waals surface area contributed by atoms with E-state index in [0.717, 1.165) is 0 Å². The van der Waals surface area contributed by atoms with E-state index in [4.69, 9.17) is 13.2 Å². The summed E-state index contributed by atoms with van der Waals surface area (Å²) < 4.78 is 45.8. The highest BCUT2D eigenvalue weighted by atomic mass is 14.1. The summed E-state index contributed by atoms with van der Waals surface area (Å²) in [4.78, 5) is 0. The molecule has 18 heavy (non-hydrogen) atoms. The van der Waals surface area contributed by atoms with Gasteiger partial charge in [0.1, 0.15) is 0 Å². The largest absolute Gasteiger partial charge is 0.0776 e. The predicted molar refractivity (Wildman–Crippen MR) is 90.1 cm³/mol. The second-order valence-corrected chi connectivity index (χ2v) is 4.74. The molecule has 0 aromatic heterocycles. The minimum atomic E-state index is 1.25. The SMILES string of the molecule is Cc1ccc2ccc3cccc4ccc1c2c34.[2H]C.[2H][2H].[2H][2H].[2H][2H].[2H][2H]. The van der Waals surface area contributed by atoms with Gasteiger partial charge in [-0.2, -0.15) is 0 Å². The van der Waals surface area contributed by atoms with Crippen LogP contribution in [0, 0.1) is 6.92 Å². The minimum Gasteiger partial charge on any atom is -0.0776 e. The Balaban J connectivity index is 0. The van der Waals surface area contributed by atoms with Crippen molar-refractivity contribution in [1.29, 1.82) is 0 Å². The molecule has 0 aliphatic carbocycles. The second-order valence-electron chi connectivity index (χ2n) is 4.74. The van der Waals surface area contributed by atoms with Crippen molar-refractivity contribution in [3.63, 3.8) is 0 Å². The van der Waals surface area contributed by atoms with Crippen LogP contribution < -0.4 is 0 Å². The Bertz CT molecular complexity index is 849. The van der Waals surface area contributed by atoms with Gasteiger partial charge in [0.15, 0.2) is 0 Å². The minimum absolute atomic E-state index is 1.25. The first-order chi connectivity index (χ1) is 13.3. The van der Waals surface area contributed by atoms with Gasteiger partial charge in [0.2, 0.25) is 0 Å². The molecule has 0 radical (unpaired) electrons. The molecule has 4 aromatic rings. The van der Waals surface area contributed by atoms with Gasteiger partial charge in [0.25, 0.3) is 0 Å². The van der Waals surface area contributed by atoms with Gasteiger partial charge in [-0.1, -0.05) is 62.0 Å². The number of hydrogen-bond donors (Lipinski definition) is 0. The van der Waals surface area contributed by atoms with E-state index in [1.165, 1.54) is 45.3 Å². The molecule has 0 nitrogen and oxygen atoms in total. The first-order valence-electron chi connectivity index (χ1n) is 11.0. The lowest BCUT2D eigenvalue weighted by Gasteiger charge is -2.11. The highest BCUT2D eigenvalue weighted by Gasteiger charge is 2.08. The maximum Gasteiger partial charge on any atom is 0.0194 e. The Morgan fingerprint density at radius 1 is 0.833 bits per heavy atom. The number of hydrogen-bond acceptors (Lipinski definition) is 0. The molecule has 0 heteroatoms. The van der Waals surface area contributed by atoms with E-state index in [1.54, 1.807) is 0 Å². The van der Waals surface area contributed by atoms with Crippen LogP contribution in [0.15, 0.2) is 54.6 Å². The van der Waals surface area contributed by atoms with Gasteiger partial charge in [-0.3, -0.25) is 0 Å². The molecule has 96 valence electrons. The fraction of sp³-hybridized carbons (Fsp3) is 0.111. The standard InChI is InChI=1S/C17H12.CH4.4H2/c1-11-5-6-14-8-7-12-3-2-4-13-9-10-15(11)17(14)16(12)13;;;;;/h2-10H,1H3;1H4;4*1H/i;1D;4*1+1D. The zero-order valence-electron chi connectivity index (χ0n) is 19.7. The van der Waals surface area contributed by atoms with E-state index in [0.29, 0.717) is 0 Å². The molecule has 0 amide bonds. The highest BCUT2D eigenvalue weighted by molar-refractivity contribution is 6.23. The van der Waals surface area contributed by atoms with Crippen molar-refractivity contribution in [2.24, 2.45) is 0 Å². The molecule has 0 N–H and O–H groups in total. The summed E-state index contributed by atoms with van der Waals surface area (Å²) in [5.74, 6) is 0. The average molecular weight is 249 g/mol. The van der Waals surface area contributed by atoms with Crippen molar-refractivity contribution in [1.82, 2.24) is 0 Å². The van der Waals surface area contributed by atoms with Crippen molar-refractivity contribution < 1.29 is 13.2 Å². The van der Waals surface area contributed by atoms with Crippen molar-refractivity contribution in [3.05, 3.63) is 60.2 Å². The molecule has 0 saturated heterocycles. The Hall–Kier alpha value is -2.08. The highest BCUT2D eigenvalue weighted by Crippen LogP contribution is 2.35. The molecule has 0 fully saturated rings. The third-order valence-corrected chi connectivity index (χ3v) is 3.75. The fourth-order valence-corrected chi connectivity index (χ4v) is 2.88. The maximum atomic E-state index is 5.75. The van der Waals surface area contributed by atoms with E-state index < -0.39 is 0 Å². The molecule has 0 aliphatic rings. The van der Waals surface area contributed by atoms with Crippen molar-refractivity contribution in [2.45, 2.75) is 14.3 Å². The van der Waals surface area contributed by atoms with Gasteiger partial charge in [0, 0.05) is 13.2 Å². The summed E-state index contributed by atoms with van der Waals surface area (Å²) in [6.45, 7) is 2.19. The molecule has 4 aromatic carbocycles. The zero-order chi connectivity index (χ0) is 21.4. The first kappa shape index (κ1) is 6.75. The number of rotatable bonds is 0. The van der Waals surface area contributed by atoms with E-state index in [-0.39, 0.29) is 0 Å². The molecule has 0 atom stereocenters. The van der Waals surface area contributed by atoms with E-state index in [9.17, 15) is 0 Å². The van der Waals surface area contributed by atoms with Crippen molar-refractivity contribution in [3.8, 4) is 0 Å². The lowest BCUT2D eigenvalue weighted by molar-refractivity contribution is 1.55. The summed E-state index contributed by atoms with van der Waals surface area (Å²) >= 11 is 0. The molecule has 0 unspecified atom stereocenters. The van der Waals surface area contributed by atoms with Crippen LogP contribution >= 0.6 is 0 Å². The lowest BCUT2D eigenvalue weighted by atomic mass is 9.92. The van der Waals surface area contributed by atoms with Crippen LogP contribution in [-0.4, -0.2) is 0 Å². The van der Waals surface area contributed by atoms with Crippen LogP contribution in [0.4, 0.5) is 0 Å². The third-order valence-electron chi connectivity index (χ3n) is 3.75. The summed E-state index contributed by atoms with van der Waals surface area (Å²) in [6.07, 6.45) is 0. The van der Waals surface area contributed by atoms with Crippen LogP contribution in [0.2, 0.25) is 0 Å². The molecule has 4 rings (SSSR count). The molecule has 0 bridgehead atoms. The first-order valence-corrected chi connectivity index (χ1v) is 5.98. The predicted octanol–water partition coefficient (Wildman–Crippen LogP) is 6.51. The summed E-state index contributed by atoms with van der Waals surface area (Å²) in [7, 11) is 1.25. The monoisotopic (exact) mass is 249 g/mol. The zero-order valence-corrected chi connectivity index (χ0v) is 10.7. The van der Waals surface area contributed by atoms with Gasteiger partial charge in [-0.05, 0) is 44.8 Å². The third kappa shape index (κ3) is 1.26. The van der Waals surface area contributed by atoms with E-state index >= 15 is 0 Å². The average Bonchev–Trinajstić information content (AvgIpc) is 2.80. The van der Waals surface area contributed by atoms with Gasteiger partial charge in [-0.15, -0.1) is 0 Å². The van der Waals surface area contributed by atoms with Crippen LogP contribution in [0.3, 0.4) is 0 Å². The van der Waals surface area contributed by atoms with Crippen LogP contribution in [-0.2, 0) is 0 Å². The normalized spacial score (nSPS) is 13.3. The lowest BCUT2D eigenvalue weighted by Crippen LogP contribution is -1.85. The topological polar surface area (TPSA) is 0 Å². The van der Waals surface area contributed by atoms with Crippen LogP contribution in [0.25, 0.3) is 32.3 Å². The van der Waals surface area contributed by atoms with E-state index in [1.807, 2.05) is 0 Å². The molecule has 0 spiro atoms. The van der Waals surface area contributed by atoms with Crippen molar-refractivity contribution >= 4 is 32.3 Å². The van der Waals surface area contributed by atoms with Gasteiger partial charge >= 0.3 is 0 Å². The summed E-state index contributed by atoms with van der Waals surface area (Å²) in [5.41, 5.74) is 1.36. The van der Waals surface area contributed by atoms with E-state index in [2.05, 4.69) is 61.5 Å². The molecule has 0 heterocycles. The van der Waals surface area contributed by atoms with Crippen molar-refractivity contribution in [2.75, 3.05) is 0 Å². The number of benzene rings is 4. The fourth-order valence-electron chi connectivity index (χ4n) is 2.88. The van der Waals surface area contributed by atoms with Crippen LogP contribution in [0.1, 0.15) is 26.2 Å². The van der Waals surface area contributed by atoms with Crippen LogP contribution in [0.5, 0.6) is 0 Å². The molecule has 0 aliphatic heterocycles. The second kappa shape index (κ2) is 3.71. The summed E-state index contributed by atoms with van der Waals surface area (Å²) in [5, 5.41) is 8.23. The molecular weight excluding hydrogens is 216 g/mol. The Morgan fingerprint density at radius 3 is 2.11 bits per heavy atom.